The molecule has 0 aliphatic heterocycles. The Morgan fingerprint density at radius 2 is 2.06 bits per heavy atom. The van der Waals surface area contributed by atoms with Crippen LogP contribution in [-0.2, 0) is 9.05 Å². The molecule has 0 atom stereocenters. The normalized spacial score (nSPS) is 12.5. The lowest BCUT2D eigenvalue weighted by atomic mass is 10.2. The molecule has 8 heteroatoms. The van der Waals surface area contributed by atoms with Gasteiger partial charge in [-0.25, -0.2) is 22.2 Å². The Kier molecular flexibility index (Phi) is 2.59. The number of halogens is 3. The zero-order chi connectivity index (χ0) is 11.9. The van der Waals surface area contributed by atoms with Gasteiger partial charge in [0, 0.05) is 16.2 Å². The van der Waals surface area contributed by atoms with Crippen LogP contribution in [0.4, 0.5) is 8.78 Å². The van der Waals surface area contributed by atoms with Crippen molar-refractivity contribution in [2.75, 3.05) is 0 Å². The molecule has 0 unspecified atom stereocenters. The summed E-state index contributed by atoms with van der Waals surface area (Å²) in [5.41, 5.74) is -0.160. The quantitative estimate of drug-likeness (QED) is 0.849. The lowest BCUT2D eigenvalue weighted by Crippen LogP contribution is -1.95. The number of fused-ring (bicyclic) bond motifs is 1. The van der Waals surface area contributed by atoms with Crippen molar-refractivity contribution in [3.8, 4) is 0 Å². The summed E-state index contributed by atoms with van der Waals surface area (Å²) in [7, 11) is 1.05. The van der Waals surface area contributed by atoms with E-state index in [0.29, 0.717) is 0 Å². The first-order valence-electron chi connectivity index (χ1n) is 4.09. The van der Waals surface area contributed by atoms with Gasteiger partial charge in [-0.3, -0.25) is 0 Å². The number of aromatic nitrogens is 2. The van der Waals surface area contributed by atoms with Crippen molar-refractivity contribution in [1.82, 2.24) is 9.97 Å². The van der Waals surface area contributed by atoms with Crippen LogP contribution in [0.25, 0.3) is 11.0 Å². The topological polar surface area (TPSA) is 62.8 Å². The van der Waals surface area contributed by atoms with Gasteiger partial charge < -0.3 is 4.98 Å². The predicted molar refractivity (Wildman–Crippen MR) is 54.1 cm³/mol. The van der Waals surface area contributed by atoms with Crippen molar-refractivity contribution >= 4 is 30.8 Å². The van der Waals surface area contributed by atoms with E-state index in [1.807, 2.05) is 0 Å². The van der Waals surface area contributed by atoms with Crippen molar-refractivity contribution in [2.24, 2.45) is 0 Å². The lowest BCUT2D eigenvalue weighted by Gasteiger charge is -2.03. The van der Waals surface area contributed by atoms with E-state index in [1.165, 1.54) is 6.33 Å². The van der Waals surface area contributed by atoms with E-state index >= 15 is 0 Å². The third kappa shape index (κ3) is 1.88. The van der Waals surface area contributed by atoms with Gasteiger partial charge in [0.25, 0.3) is 15.5 Å². The van der Waals surface area contributed by atoms with Gasteiger partial charge in [-0.2, -0.15) is 0 Å². The minimum absolute atomic E-state index is 0.0550. The first kappa shape index (κ1) is 11.3. The average Bonchev–Trinajstić information content (AvgIpc) is 2.61. The van der Waals surface area contributed by atoms with Gasteiger partial charge in [-0.1, -0.05) is 0 Å². The second-order valence-electron chi connectivity index (χ2n) is 3.06. The van der Waals surface area contributed by atoms with E-state index in [0.717, 1.165) is 12.1 Å². The molecule has 0 saturated heterocycles. The first-order chi connectivity index (χ1) is 7.39. The maximum atomic E-state index is 12.5. The maximum absolute atomic E-state index is 12.5. The third-order valence-corrected chi connectivity index (χ3v) is 3.36. The van der Waals surface area contributed by atoms with Crippen LogP contribution >= 0.6 is 10.7 Å². The molecule has 0 saturated carbocycles. The summed E-state index contributed by atoms with van der Waals surface area (Å²) in [6.45, 7) is 0. The molecule has 1 N–H and O–H groups in total. The maximum Gasteiger partial charge on any atom is 0.263 e. The Morgan fingerprint density at radius 1 is 1.38 bits per heavy atom. The molecule has 1 aromatic carbocycles. The summed E-state index contributed by atoms with van der Waals surface area (Å²) in [6, 6.07) is 1.97. The number of imidazole rings is 1. The summed E-state index contributed by atoms with van der Waals surface area (Å²) in [5.74, 6) is 0. The molecule has 0 amide bonds. The van der Waals surface area contributed by atoms with Crippen molar-refractivity contribution in [2.45, 2.75) is 11.3 Å². The third-order valence-electron chi connectivity index (χ3n) is 2.03. The van der Waals surface area contributed by atoms with Crippen LogP contribution in [0.3, 0.4) is 0 Å². The van der Waals surface area contributed by atoms with E-state index in [4.69, 9.17) is 10.7 Å². The molecule has 4 nitrogen and oxygen atoms in total. The van der Waals surface area contributed by atoms with Crippen LogP contribution in [0.15, 0.2) is 23.4 Å². The van der Waals surface area contributed by atoms with Gasteiger partial charge in [0.05, 0.1) is 11.8 Å². The average molecular weight is 267 g/mol. The molecule has 0 fully saturated rings. The standard InChI is InChI=1S/C8H5ClF2N2O2S/c9-16(14,15)6-2-4(8(10)11)1-5-7(6)13-3-12-5/h1-3,8H,(H,12,13). The smallest absolute Gasteiger partial charge is 0.263 e. The monoisotopic (exact) mass is 266 g/mol. The van der Waals surface area contributed by atoms with Crippen LogP contribution in [-0.4, -0.2) is 18.4 Å². The number of hydrogen-bond acceptors (Lipinski definition) is 3. The molecule has 0 aliphatic carbocycles. The molecule has 16 heavy (non-hydrogen) atoms. The van der Waals surface area contributed by atoms with Crippen molar-refractivity contribution in [3.63, 3.8) is 0 Å². The van der Waals surface area contributed by atoms with E-state index in [-0.39, 0.29) is 11.0 Å². The number of aromatic amines is 1. The van der Waals surface area contributed by atoms with Crippen molar-refractivity contribution in [1.29, 1.82) is 0 Å². The fourth-order valence-corrected chi connectivity index (χ4v) is 2.37. The van der Waals surface area contributed by atoms with Crippen LogP contribution in [0.2, 0.25) is 0 Å². The summed E-state index contributed by atoms with van der Waals surface area (Å²) in [4.78, 5) is 5.87. The van der Waals surface area contributed by atoms with Gasteiger partial charge in [-0.05, 0) is 12.1 Å². The number of nitrogens with one attached hydrogen (secondary N) is 1. The number of benzene rings is 1. The van der Waals surface area contributed by atoms with E-state index in [9.17, 15) is 17.2 Å². The van der Waals surface area contributed by atoms with E-state index in [2.05, 4.69) is 9.97 Å². The molecule has 1 aromatic heterocycles. The number of H-pyrrole nitrogens is 1. The van der Waals surface area contributed by atoms with E-state index < -0.39 is 25.9 Å². The Morgan fingerprint density at radius 3 is 2.62 bits per heavy atom. The molecule has 86 valence electrons. The summed E-state index contributed by atoms with van der Waals surface area (Å²) >= 11 is 0. The Bertz CT molecular complexity index is 639. The van der Waals surface area contributed by atoms with Crippen LogP contribution in [0, 0.1) is 0 Å². The molecule has 0 spiro atoms. The number of alkyl halides is 2. The van der Waals surface area contributed by atoms with Crippen molar-refractivity contribution in [3.05, 3.63) is 24.0 Å². The summed E-state index contributed by atoms with van der Waals surface area (Å²) in [6.07, 6.45) is -1.56. The summed E-state index contributed by atoms with van der Waals surface area (Å²) in [5, 5.41) is 0. The van der Waals surface area contributed by atoms with Crippen LogP contribution in [0.5, 0.6) is 0 Å². The Hall–Kier alpha value is -1.21. The fraction of sp³-hybridized carbons (Fsp3) is 0.125. The van der Waals surface area contributed by atoms with Crippen molar-refractivity contribution < 1.29 is 17.2 Å². The molecule has 2 aromatic rings. The van der Waals surface area contributed by atoms with E-state index in [1.54, 1.807) is 0 Å². The van der Waals surface area contributed by atoms with Gasteiger partial charge >= 0.3 is 0 Å². The SMILES string of the molecule is O=S(=O)(Cl)c1cc(C(F)F)cc2[nH]cnc12. The first-order valence-corrected chi connectivity index (χ1v) is 6.40. The molecule has 1 heterocycles. The second kappa shape index (κ2) is 3.67. The number of rotatable bonds is 2. The minimum Gasteiger partial charge on any atom is -0.345 e. The Labute approximate surface area is 93.7 Å². The largest absolute Gasteiger partial charge is 0.345 e. The predicted octanol–water partition coefficient (Wildman–Crippen LogP) is 2.43. The minimum atomic E-state index is -4.10. The summed E-state index contributed by atoms with van der Waals surface area (Å²) < 4.78 is 47.4. The van der Waals surface area contributed by atoms with Crippen LogP contribution in [0.1, 0.15) is 12.0 Å². The Balaban J connectivity index is 2.84. The number of hydrogen-bond donors (Lipinski definition) is 1. The number of nitrogens with zero attached hydrogens (tertiary/aromatic N) is 1. The highest BCUT2D eigenvalue weighted by Crippen LogP contribution is 2.29. The van der Waals surface area contributed by atoms with Gasteiger partial charge in [0.15, 0.2) is 0 Å². The zero-order valence-corrected chi connectivity index (χ0v) is 9.19. The molecular weight excluding hydrogens is 262 g/mol. The molecule has 2 rings (SSSR count). The molecule has 0 radical (unpaired) electrons. The highest BCUT2D eigenvalue weighted by atomic mass is 35.7. The highest BCUT2D eigenvalue weighted by molar-refractivity contribution is 8.14. The molecule has 0 aliphatic rings. The second-order valence-corrected chi connectivity index (χ2v) is 5.59. The highest BCUT2D eigenvalue weighted by Gasteiger charge is 2.20. The van der Waals surface area contributed by atoms with Gasteiger partial charge in [0.2, 0.25) is 0 Å². The van der Waals surface area contributed by atoms with Gasteiger partial charge in [0.1, 0.15) is 10.4 Å². The lowest BCUT2D eigenvalue weighted by molar-refractivity contribution is 0.151. The zero-order valence-electron chi connectivity index (χ0n) is 7.62. The fourth-order valence-electron chi connectivity index (χ4n) is 1.35. The molecular formula is C8H5ClF2N2O2S. The van der Waals surface area contributed by atoms with Crippen LogP contribution < -0.4 is 0 Å². The van der Waals surface area contributed by atoms with Gasteiger partial charge in [-0.15, -0.1) is 0 Å². The molecule has 0 bridgehead atoms.